The first kappa shape index (κ1) is 12.9. The summed E-state index contributed by atoms with van der Waals surface area (Å²) in [5.41, 5.74) is -0.582. The van der Waals surface area contributed by atoms with Gasteiger partial charge in [-0.15, -0.1) is 0 Å². The Balaban J connectivity index is 2.12. The molecule has 0 aromatic rings. The molecule has 1 heterocycles. The summed E-state index contributed by atoms with van der Waals surface area (Å²) < 4.78 is 0. The van der Waals surface area contributed by atoms with Gasteiger partial charge in [0.05, 0.1) is 24.6 Å². The molecule has 2 N–H and O–H groups in total. The molecule has 1 rings (SSSR count). The van der Waals surface area contributed by atoms with Crippen molar-refractivity contribution in [3.05, 3.63) is 0 Å². The van der Waals surface area contributed by atoms with E-state index in [0.717, 1.165) is 12.8 Å². The van der Waals surface area contributed by atoms with Crippen molar-refractivity contribution < 1.29 is 9.90 Å². The zero-order valence-electron chi connectivity index (χ0n) is 9.70. The van der Waals surface area contributed by atoms with Crippen LogP contribution in [-0.4, -0.2) is 47.7 Å². The number of carbonyl (C=O) groups is 1. The van der Waals surface area contributed by atoms with Crippen molar-refractivity contribution in [2.75, 3.05) is 26.2 Å². The number of amides is 1. The number of rotatable bonds is 6. The lowest BCUT2D eigenvalue weighted by Crippen LogP contribution is -2.63. The third-order valence-corrected chi connectivity index (χ3v) is 2.68. The van der Waals surface area contributed by atoms with Gasteiger partial charge in [0, 0.05) is 19.6 Å². The highest BCUT2D eigenvalue weighted by atomic mass is 16.3. The highest BCUT2D eigenvalue weighted by molar-refractivity contribution is 5.78. The maximum absolute atomic E-state index is 11.3. The van der Waals surface area contributed by atoms with Crippen LogP contribution in [0.4, 0.5) is 0 Å². The Kier molecular flexibility index (Phi) is 4.71. The topological polar surface area (TPSA) is 76.4 Å². The van der Waals surface area contributed by atoms with Crippen LogP contribution in [0.3, 0.4) is 0 Å². The van der Waals surface area contributed by atoms with Crippen LogP contribution in [0.1, 0.15) is 26.2 Å². The summed E-state index contributed by atoms with van der Waals surface area (Å²) in [7, 11) is 0. The smallest absolute Gasteiger partial charge is 0.234 e. The summed E-state index contributed by atoms with van der Waals surface area (Å²) in [6, 6.07) is 1.97. The van der Waals surface area contributed by atoms with Gasteiger partial charge in [-0.3, -0.25) is 9.69 Å². The van der Waals surface area contributed by atoms with Crippen molar-refractivity contribution in [1.82, 2.24) is 10.2 Å². The molecule has 16 heavy (non-hydrogen) atoms. The van der Waals surface area contributed by atoms with Gasteiger partial charge in [0.25, 0.3) is 0 Å². The first-order chi connectivity index (χ1) is 7.59. The third kappa shape index (κ3) is 3.80. The molecule has 0 saturated carbocycles. The van der Waals surface area contributed by atoms with Crippen LogP contribution in [0.5, 0.6) is 0 Å². The van der Waals surface area contributed by atoms with Crippen molar-refractivity contribution in [1.29, 1.82) is 5.26 Å². The van der Waals surface area contributed by atoms with Crippen molar-refractivity contribution in [3.8, 4) is 6.07 Å². The van der Waals surface area contributed by atoms with Gasteiger partial charge < -0.3 is 10.4 Å². The molecule has 1 saturated heterocycles. The molecule has 0 atom stereocenters. The number of carbonyl (C=O) groups excluding carboxylic acids is 1. The zero-order chi connectivity index (χ0) is 12.0. The second-order valence-electron chi connectivity index (χ2n) is 4.38. The van der Waals surface area contributed by atoms with E-state index in [4.69, 9.17) is 5.26 Å². The number of nitrogens with one attached hydrogen (secondary N) is 1. The Labute approximate surface area is 96.0 Å². The normalized spacial score (nSPS) is 18.6. The second kappa shape index (κ2) is 5.83. The molecule has 5 heteroatoms. The number of nitrogens with zero attached hydrogens (tertiary/aromatic N) is 2. The van der Waals surface area contributed by atoms with Crippen LogP contribution in [0, 0.1) is 11.3 Å². The fraction of sp³-hybridized carbons (Fsp3) is 0.818. The van der Waals surface area contributed by atoms with E-state index in [0.29, 0.717) is 32.6 Å². The van der Waals surface area contributed by atoms with Crippen LogP contribution in [-0.2, 0) is 4.79 Å². The van der Waals surface area contributed by atoms with Crippen LogP contribution >= 0.6 is 0 Å². The molecular weight excluding hydrogens is 206 g/mol. The zero-order valence-corrected chi connectivity index (χ0v) is 9.70. The predicted molar refractivity (Wildman–Crippen MR) is 59.5 cm³/mol. The Morgan fingerprint density at radius 2 is 2.31 bits per heavy atom. The molecular formula is C11H19N3O2. The molecule has 0 spiro atoms. The lowest BCUT2D eigenvalue weighted by Gasteiger charge is -2.46. The SMILES string of the molecule is CCCC1(O)CN(CC(=O)NCCC#N)C1. The number of likely N-dealkylation sites (tertiary alicyclic amines) is 1. The summed E-state index contributed by atoms with van der Waals surface area (Å²) in [4.78, 5) is 13.3. The Hall–Kier alpha value is -1.12. The number of aliphatic hydroxyl groups is 1. The highest BCUT2D eigenvalue weighted by Gasteiger charge is 2.40. The summed E-state index contributed by atoms with van der Waals surface area (Å²) in [5, 5.41) is 20.8. The van der Waals surface area contributed by atoms with Gasteiger partial charge >= 0.3 is 0 Å². The minimum atomic E-state index is -0.582. The van der Waals surface area contributed by atoms with E-state index in [2.05, 4.69) is 5.32 Å². The number of hydrogen-bond donors (Lipinski definition) is 2. The van der Waals surface area contributed by atoms with E-state index < -0.39 is 5.60 Å². The van der Waals surface area contributed by atoms with E-state index in [1.165, 1.54) is 0 Å². The first-order valence-electron chi connectivity index (χ1n) is 5.68. The van der Waals surface area contributed by atoms with E-state index in [1.54, 1.807) is 0 Å². The molecule has 1 aliphatic heterocycles. The molecule has 0 unspecified atom stereocenters. The molecule has 90 valence electrons. The van der Waals surface area contributed by atoms with E-state index >= 15 is 0 Å². The molecule has 0 aliphatic carbocycles. The predicted octanol–water partition coefficient (Wildman–Crippen LogP) is -0.137. The number of β-amino-alcohol motifs (C(OH)–C–C–N with tert-alkyl or cyclic N) is 1. The third-order valence-electron chi connectivity index (χ3n) is 2.68. The summed E-state index contributed by atoms with van der Waals surface area (Å²) >= 11 is 0. The van der Waals surface area contributed by atoms with Gasteiger partial charge in [0.2, 0.25) is 5.91 Å². The molecule has 1 amide bonds. The Bertz CT molecular complexity index is 279. The summed E-state index contributed by atoms with van der Waals surface area (Å²) in [6.45, 7) is 3.91. The fourth-order valence-electron chi connectivity index (χ4n) is 2.04. The largest absolute Gasteiger partial charge is 0.387 e. The quantitative estimate of drug-likeness (QED) is 0.617. The van der Waals surface area contributed by atoms with Gasteiger partial charge in [-0.25, -0.2) is 0 Å². The van der Waals surface area contributed by atoms with Crippen LogP contribution in [0.15, 0.2) is 0 Å². The number of hydrogen-bond acceptors (Lipinski definition) is 4. The van der Waals surface area contributed by atoms with Crippen LogP contribution in [0.25, 0.3) is 0 Å². The minimum absolute atomic E-state index is 0.0752. The van der Waals surface area contributed by atoms with Crippen LogP contribution < -0.4 is 5.32 Å². The lowest BCUT2D eigenvalue weighted by molar-refractivity contribution is -0.133. The highest BCUT2D eigenvalue weighted by Crippen LogP contribution is 2.24. The second-order valence-corrected chi connectivity index (χ2v) is 4.38. The Morgan fingerprint density at radius 1 is 1.62 bits per heavy atom. The fourth-order valence-corrected chi connectivity index (χ4v) is 2.04. The average Bonchev–Trinajstić information content (AvgIpc) is 2.16. The molecule has 0 radical (unpaired) electrons. The van der Waals surface area contributed by atoms with E-state index in [1.807, 2.05) is 17.9 Å². The molecule has 0 bridgehead atoms. The maximum atomic E-state index is 11.3. The lowest BCUT2D eigenvalue weighted by atomic mass is 9.89. The maximum Gasteiger partial charge on any atom is 0.234 e. The standard InChI is InChI=1S/C11H19N3O2/c1-2-4-11(16)8-14(9-11)7-10(15)13-6-3-5-12/h16H,2-4,6-9H2,1H3,(H,13,15). The van der Waals surface area contributed by atoms with Gasteiger partial charge in [-0.1, -0.05) is 13.3 Å². The van der Waals surface area contributed by atoms with Crippen LogP contribution in [0.2, 0.25) is 0 Å². The van der Waals surface area contributed by atoms with E-state index in [-0.39, 0.29) is 5.91 Å². The summed E-state index contributed by atoms with van der Waals surface area (Å²) in [6.07, 6.45) is 2.09. The van der Waals surface area contributed by atoms with Crippen molar-refractivity contribution in [2.45, 2.75) is 31.8 Å². The van der Waals surface area contributed by atoms with Crippen molar-refractivity contribution in [2.24, 2.45) is 0 Å². The molecule has 1 aliphatic rings. The Morgan fingerprint density at radius 3 is 2.88 bits per heavy atom. The van der Waals surface area contributed by atoms with Gasteiger partial charge in [-0.05, 0) is 6.42 Å². The molecule has 0 aromatic carbocycles. The average molecular weight is 225 g/mol. The van der Waals surface area contributed by atoms with Gasteiger partial charge in [-0.2, -0.15) is 5.26 Å². The molecule has 5 nitrogen and oxygen atoms in total. The molecule has 0 aromatic heterocycles. The monoisotopic (exact) mass is 225 g/mol. The van der Waals surface area contributed by atoms with Crippen molar-refractivity contribution in [3.63, 3.8) is 0 Å². The van der Waals surface area contributed by atoms with Gasteiger partial charge in [0.1, 0.15) is 0 Å². The van der Waals surface area contributed by atoms with Crippen molar-refractivity contribution >= 4 is 5.91 Å². The first-order valence-corrected chi connectivity index (χ1v) is 5.68. The molecule has 1 fully saturated rings. The summed E-state index contributed by atoms with van der Waals surface area (Å²) in [5.74, 6) is -0.0752. The minimum Gasteiger partial charge on any atom is -0.387 e. The van der Waals surface area contributed by atoms with E-state index in [9.17, 15) is 9.90 Å². The number of nitriles is 1. The van der Waals surface area contributed by atoms with Gasteiger partial charge in [0.15, 0.2) is 0 Å².